The van der Waals surface area contributed by atoms with Gasteiger partial charge in [0.2, 0.25) is 0 Å². The molecule has 0 unspecified atom stereocenters. The summed E-state index contributed by atoms with van der Waals surface area (Å²) in [4.78, 5) is 19.1. The van der Waals surface area contributed by atoms with Crippen molar-refractivity contribution in [1.29, 1.82) is 0 Å². The standard InChI is InChI=1S/C21H25N3O2/c1-5-24(14(2)3)13-16-6-8-17(9-7-16)21(25)23-18-10-11-19-20(12-18)26-15(4)22-19/h6-12,14H,5,13H2,1-4H3,(H,23,25). The molecule has 2 aromatic carbocycles. The maximum Gasteiger partial charge on any atom is 0.255 e. The van der Waals surface area contributed by atoms with Crippen LogP contribution in [0.15, 0.2) is 46.9 Å². The fourth-order valence-corrected chi connectivity index (χ4v) is 2.98. The zero-order chi connectivity index (χ0) is 18.7. The molecule has 0 atom stereocenters. The van der Waals surface area contributed by atoms with Crippen LogP contribution in [0.2, 0.25) is 0 Å². The third-order valence-electron chi connectivity index (χ3n) is 4.49. The topological polar surface area (TPSA) is 58.4 Å². The highest BCUT2D eigenvalue weighted by Crippen LogP contribution is 2.20. The second kappa shape index (κ2) is 7.70. The van der Waals surface area contributed by atoms with E-state index in [1.165, 1.54) is 5.56 Å². The van der Waals surface area contributed by atoms with E-state index < -0.39 is 0 Å². The van der Waals surface area contributed by atoms with Crippen LogP contribution >= 0.6 is 0 Å². The van der Waals surface area contributed by atoms with Crippen LogP contribution in [-0.2, 0) is 6.54 Å². The van der Waals surface area contributed by atoms with Crippen LogP contribution in [0, 0.1) is 6.92 Å². The summed E-state index contributed by atoms with van der Waals surface area (Å²) in [5.74, 6) is 0.477. The predicted octanol–water partition coefficient (Wildman–Crippen LogP) is 4.62. The maximum absolute atomic E-state index is 12.5. The van der Waals surface area contributed by atoms with Crippen LogP contribution < -0.4 is 5.32 Å². The van der Waals surface area contributed by atoms with E-state index in [4.69, 9.17) is 4.42 Å². The monoisotopic (exact) mass is 351 g/mol. The minimum absolute atomic E-state index is 0.136. The van der Waals surface area contributed by atoms with Gasteiger partial charge in [0.1, 0.15) is 5.52 Å². The number of rotatable bonds is 6. The highest BCUT2D eigenvalue weighted by molar-refractivity contribution is 6.04. The lowest BCUT2D eigenvalue weighted by molar-refractivity contribution is 0.102. The molecule has 0 fully saturated rings. The van der Waals surface area contributed by atoms with Crippen LogP contribution in [0.3, 0.4) is 0 Å². The van der Waals surface area contributed by atoms with E-state index >= 15 is 0 Å². The first kappa shape index (κ1) is 18.1. The van der Waals surface area contributed by atoms with Crippen LogP contribution in [0.4, 0.5) is 5.69 Å². The highest BCUT2D eigenvalue weighted by Gasteiger charge is 2.11. The van der Waals surface area contributed by atoms with E-state index in [2.05, 4.69) is 36.0 Å². The quantitative estimate of drug-likeness (QED) is 0.704. The second-order valence-electron chi connectivity index (χ2n) is 6.72. The number of aryl methyl sites for hydroxylation is 1. The van der Waals surface area contributed by atoms with Gasteiger partial charge in [0, 0.05) is 36.8 Å². The van der Waals surface area contributed by atoms with Gasteiger partial charge >= 0.3 is 0 Å². The fourth-order valence-electron chi connectivity index (χ4n) is 2.98. The third-order valence-corrected chi connectivity index (χ3v) is 4.49. The summed E-state index contributed by atoms with van der Waals surface area (Å²) in [6, 6.07) is 13.7. The number of amides is 1. The number of carbonyl (C=O) groups excluding carboxylic acids is 1. The molecule has 1 aromatic heterocycles. The number of oxazole rings is 1. The molecule has 3 rings (SSSR count). The third kappa shape index (κ3) is 4.11. The van der Waals surface area contributed by atoms with Crippen molar-refractivity contribution in [2.45, 2.75) is 40.3 Å². The van der Waals surface area contributed by atoms with Crippen molar-refractivity contribution in [3.63, 3.8) is 0 Å². The van der Waals surface area contributed by atoms with Gasteiger partial charge in [0.25, 0.3) is 5.91 Å². The molecule has 5 nitrogen and oxygen atoms in total. The average molecular weight is 351 g/mol. The van der Waals surface area contributed by atoms with Crippen molar-refractivity contribution in [1.82, 2.24) is 9.88 Å². The molecule has 0 aliphatic carbocycles. The highest BCUT2D eigenvalue weighted by atomic mass is 16.3. The van der Waals surface area contributed by atoms with Gasteiger partial charge < -0.3 is 9.73 Å². The molecule has 0 aliphatic heterocycles. The number of carbonyl (C=O) groups is 1. The van der Waals surface area contributed by atoms with Crippen molar-refractivity contribution in [2.24, 2.45) is 0 Å². The number of anilines is 1. The summed E-state index contributed by atoms with van der Waals surface area (Å²) >= 11 is 0. The van der Waals surface area contributed by atoms with E-state index in [0.29, 0.717) is 28.8 Å². The Morgan fingerprint density at radius 1 is 1.19 bits per heavy atom. The molecule has 136 valence electrons. The van der Waals surface area contributed by atoms with Crippen LogP contribution in [-0.4, -0.2) is 28.4 Å². The number of nitrogens with one attached hydrogen (secondary N) is 1. The Kier molecular flexibility index (Phi) is 5.38. The van der Waals surface area contributed by atoms with Crippen molar-refractivity contribution in [3.05, 3.63) is 59.5 Å². The van der Waals surface area contributed by atoms with Gasteiger partial charge in [-0.25, -0.2) is 4.98 Å². The smallest absolute Gasteiger partial charge is 0.255 e. The predicted molar refractivity (Wildman–Crippen MR) is 104 cm³/mol. The molecular weight excluding hydrogens is 326 g/mol. The lowest BCUT2D eigenvalue weighted by Gasteiger charge is -2.24. The molecule has 26 heavy (non-hydrogen) atoms. The largest absolute Gasteiger partial charge is 0.441 e. The molecule has 0 radical (unpaired) electrons. The van der Waals surface area contributed by atoms with Crippen molar-refractivity contribution < 1.29 is 9.21 Å². The zero-order valence-corrected chi connectivity index (χ0v) is 15.7. The summed E-state index contributed by atoms with van der Waals surface area (Å²) in [7, 11) is 0. The lowest BCUT2D eigenvalue weighted by Crippen LogP contribution is -2.29. The number of nitrogens with zero attached hydrogens (tertiary/aromatic N) is 2. The van der Waals surface area contributed by atoms with E-state index in [1.54, 1.807) is 13.0 Å². The summed E-state index contributed by atoms with van der Waals surface area (Å²) in [6.07, 6.45) is 0. The van der Waals surface area contributed by atoms with E-state index in [1.807, 2.05) is 36.4 Å². The fraction of sp³-hybridized carbons (Fsp3) is 0.333. The van der Waals surface area contributed by atoms with Crippen molar-refractivity contribution in [2.75, 3.05) is 11.9 Å². The Balaban J connectivity index is 1.69. The van der Waals surface area contributed by atoms with Gasteiger partial charge in [-0.15, -0.1) is 0 Å². The van der Waals surface area contributed by atoms with E-state index in [0.717, 1.165) is 18.6 Å². The first-order valence-electron chi connectivity index (χ1n) is 8.98. The molecule has 3 aromatic rings. The minimum Gasteiger partial charge on any atom is -0.441 e. The molecule has 0 bridgehead atoms. The SMILES string of the molecule is CCN(Cc1ccc(C(=O)Nc2ccc3nc(C)oc3c2)cc1)C(C)C. The summed E-state index contributed by atoms with van der Waals surface area (Å²) in [5.41, 5.74) is 3.99. The number of fused-ring (bicyclic) bond motifs is 1. The zero-order valence-electron chi connectivity index (χ0n) is 15.7. The first-order chi connectivity index (χ1) is 12.5. The van der Waals surface area contributed by atoms with Crippen molar-refractivity contribution >= 4 is 22.7 Å². The molecule has 0 spiro atoms. The number of hydrogen-bond donors (Lipinski definition) is 1. The molecular formula is C21H25N3O2. The van der Waals surface area contributed by atoms with Crippen LogP contribution in [0.5, 0.6) is 0 Å². The van der Waals surface area contributed by atoms with Gasteiger partial charge in [-0.2, -0.15) is 0 Å². The normalized spacial score (nSPS) is 11.5. The summed E-state index contributed by atoms with van der Waals surface area (Å²) in [6.45, 7) is 10.2. The van der Waals surface area contributed by atoms with Gasteiger partial charge in [-0.1, -0.05) is 19.1 Å². The molecule has 1 N–H and O–H groups in total. The second-order valence-corrected chi connectivity index (χ2v) is 6.72. The van der Waals surface area contributed by atoms with Crippen LogP contribution in [0.25, 0.3) is 11.1 Å². The van der Waals surface area contributed by atoms with Crippen LogP contribution in [0.1, 0.15) is 42.6 Å². The maximum atomic E-state index is 12.5. The average Bonchev–Trinajstić information content (AvgIpc) is 2.99. The number of benzene rings is 2. The minimum atomic E-state index is -0.136. The van der Waals surface area contributed by atoms with E-state index in [9.17, 15) is 4.79 Å². The Labute approximate surface area is 154 Å². The van der Waals surface area contributed by atoms with Gasteiger partial charge in [-0.3, -0.25) is 9.69 Å². The lowest BCUT2D eigenvalue weighted by atomic mass is 10.1. The Bertz CT molecular complexity index is 897. The molecule has 1 amide bonds. The Morgan fingerprint density at radius 3 is 2.58 bits per heavy atom. The van der Waals surface area contributed by atoms with Gasteiger partial charge in [0.05, 0.1) is 0 Å². The van der Waals surface area contributed by atoms with E-state index in [-0.39, 0.29) is 5.91 Å². The molecule has 0 aliphatic rings. The summed E-state index contributed by atoms with van der Waals surface area (Å²) in [5, 5.41) is 2.91. The summed E-state index contributed by atoms with van der Waals surface area (Å²) < 4.78 is 5.51. The Hall–Kier alpha value is -2.66. The molecule has 5 heteroatoms. The first-order valence-corrected chi connectivity index (χ1v) is 8.98. The van der Waals surface area contributed by atoms with Crippen molar-refractivity contribution in [3.8, 4) is 0 Å². The molecule has 0 saturated heterocycles. The van der Waals surface area contributed by atoms with Gasteiger partial charge in [-0.05, 0) is 50.2 Å². The van der Waals surface area contributed by atoms with Gasteiger partial charge in [0.15, 0.2) is 11.5 Å². The molecule has 1 heterocycles. The Morgan fingerprint density at radius 2 is 1.92 bits per heavy atom. The number of hydrogen-bond acceptors (Lipinski definition) is 4. The number of aromatic nitrogens is 1. The molecule has 0 saturated carbocycles.